The van der Waals surface area contributed by atoms with E-state index in [9.17, 15) is 9.59 Å². The van der Waals surface area contributed by atoms with Gasteiger partial charge in [-0.05, 0) is 37.7 Å². The van der Waals surface area contributed by atoms with Gasteiger partial charge in [-0.1, -0.05) is 36.4 Å². The lowest BCUT2D eigenvalue weighted by atomic mass is 9.81. The van der Waals surface area contributed by atoms with E-state index in [1.807, 2.05) is 41.3 Å². The first-order valence-electron chi connectivity index (χ1n) is 9.89. The van der Waals surface area contributed by atoms with E-state index in [1.165, 1.54) is 0 Å². The molecule has 2 saturated heterocycles. The van der Waals surface area contributed by atoms with Crippen LogP contribution in [0.2, 0.25) is 0 Å². The minimum Gasteiger partial charge on any atom is -0.445 e. The number of carbonyl (C=O) groups excluding carboxylic acids is 2. The number of benzene rings is 1. The fourth-order valence-electron chi connectivity index (χ4n) is 4.06. The van der Waals surface area contributed by atoms with Crippen molar-refractivity contribution in [2.24, 2.45) is 5.92 Å². The van der Waals surface area contributed by atoms with Gasteiger partial charge in [0.1, 0.15) is 12.4 Å². The molecule has 1 aromatic rings. The molecule has 0 radical (unpaired) electrons. The fraction of sp³-hybridized carbons (Fsp3) is 0.545. The van der Waals surface area contributed by atoms with Gasteiger partial charge < -0.3 is 9.47 Å². The average molecular weight is 371 g/mol. The van der Waals surface area contributed by atoms with Crippen LogP contribution in [-0.4, -0.2) is 42.1 Å². The highest BCUT2D eigenvalue weighted by Gasteiger charge is 2.44. The predicted molar refractivity (Wildman–Crippen MR) is 103 cm³/mol. The van der Waals surface area contributed by atoms with Gasteiger partial charge in [-0.25, -0.2) is 4.79 Å². The van der Waals surface area contributed by atoms with Crippen molar-refractivity contribution in [3.8, 4) is 0 Å². The minimum atomic E-state index is -0.297. The molecule has 1 aromatic carbocycles. The van der Waals surface area contributed by atoms with Gasteiger partial charge >= 0.3 is 6.09 Å². The molecular formula is C22H29NO4. The molecule has 146 valence electrons. The Morgan fingerprint density at radius 1 is 1.15 bits per heavy atom. The number of morpholine rings is 1. The summed E-state index contributed by atoms with van der Waals surface area (Å²) in [5.41, 5.74) is 0.969. The first kappa shape index (κ1) is 19.6. The average Bonchev–Trinajstić information content (AvgIpc) is 2.69. The summed E-state index contributed by atoms with van der Waals surface area (Å²) in [5, 5.41) is 0. The summed E-state index contributed by atoms with van der Waals surface area (Å²) in [6.45, 7) is 4.95. The van der Waals surface area contributed by atoms with Crippen molar-refractivity contribution >= 4 is 11.9 Å². The number of hydrogen-bond acceptors (Lipinski definition) is 4. The van der Waals surface area contributed by atoms with E-state index < -0.39 is 0 Å². The van der Waals surface area contributed by atoms with E-state index in [4.69, 9.17) is 9.47 Å². The number of piperidine rings is 1. The number of Topliss-reactive ketones (excluding diaryl/α,β-unsaturated/α-hetero) is 1. The number of amides is 1. The van der Waals surface area contributed by atoms with Crippen LogP contribution in [0.25, 0.3) is 0 Å². The maximum Gasteiger partial charge on any atom is 0.410 e. The Kier molecular flexibility index (Phi) is 7.04. The van der Waals surface area contributed by atoms with Crippen molar-refractivity contribution in [1.29, 1.82) is 0 Å². The second-order valence-corrected chi connectivity index (χ2v) is 7.46. The molecule has 5 heteroatoms. The van der Waals surface area contributed by atoms with Crippen molar-refractivity contribution < 1.29 is 19.1 Å². The Balaban J connectivity index is 1.53. The molecule has 0 aliphatic carbocycles. The van der Waals surface area contributed by atoms with E-state index in [0.717, 1.165) is 24.8 Å². The Bertz CT molecular complexity index is 631. The quantitative estimate of drug-likeness (QED) is 0.509. The highest BCUT2D eigenvalue weighted by atomic mass is 16.6. The van der Waals surface area contributed by atoms with Crippen molar-refractivity contribution in [2.75, 3.05) is 13.2 Å². The number of carbonyl (C=O) groups is 2. The van der Waals surface area contributed by atoms with Crippen LogP contribution in [0.15, 0.2) is 43.0 Å². The van der Waals surface area contributed by atoms with Crippen molar-refractivity contribution in [2.45, 2.75) is 57.2 Å². The molecule has 2 fully saturated rings. The molecule has 0 aromatic heterocycles. The van der Waals surface area contributed by atoms with Crippen molar-refractivity contribution in [3.63, 3.8) is 0 Å². The number of unbranched alkanes of at least 4 members (excludes halogenated alkanes) is 2. The van der Waals surface area contributed by atoms with Crippen LogP contribution >= 0.6 is 0 Å². The predicted octanol–water partition coefficient (Wildman–Crippen LogP) is 4.12. The number of ether oxygens (including phenoxy) is 2. The van der Waals surface area contributed by atoms with E-state index in [1.54, 1.807) is 0 Å². The van der Waals surface area contributed by atoms with Crippen LogP contribution in [0.5, 0.6) is 0 Å². The number of allylic oxidation sites excluding steroid dienone is 1. The highest BCUT2D eigenvalue weighted by molar-refractivity contribution is 5.81. The third-order valence-corrected chi connectivity index (χ3v) is 5.47. The Labute approximate surface area is 161 Å². The van der Waals surface area contributed by atoms with Gasteiger partial charge in [-0.15, -0.1) is 6.58 Å². The smallest absolute Gasteiger partial charge is 0.410 e. The Hall–Kier alpha value is -2.14. The van der Waals surface area contributed by atoms with Gasteiger partial charge in [-0.3, -0.25) is 9.69 Å². The summed E-state index contributed by atoms with van der Waals surface area (Å²) in [6.07, 6.45) is 6.45. The molecule has 2 atom stereocenters. The third kappa shape index (κ3) is 5.19. The molecule has 5 nitrogen and oxygen atoms in total. The first-order valence-corrected chi connectivity index (χ1v) is 9.89. The van der Waals surface area contributed by atoms with Gasteiger partial charge in [0.05, 0.1) is 25.3 Å². The zero-order valence-corrected chi connectivity index (χ0v) is 15.8. The number of hydrogen-bond donors (Lipinski definition) is 0. The molecule has 0 saturated carbocycles. The van der Waals surface area contributed by atoms with Crippen LogP contribution in [-0.2, 0) is 20.9 Å². The maximum atomic E-state index is 12.7. The molecule has 1 amide bonds. The normalized spacial score (nSPS) is 24.3. The van der Waals surface area contributed by atoms with Crippen LogP contribution in [0, 0.1) is 5.92 Å². The summed E-state index contributed by atoms with van der Waals surface area (Å²) >= 11 is 0. The van der Waals surface area contributed by atoms with Gasteiger partial charge in [0.15, 0.2) is 0 Å². The lowest BCUT2D eigenvalue weighted by molar-refractivity contribution is -0.131. The number of nitrogens with zero attached hydrogens (tertiary/aromatic N) is 1. The maximum absolute atomic E-state index is 12.7. The molecule has 2 unspecified atom stereocenters. The van der Waals surface area contributed by atoms with E-state index in [-0.39, 0.29) is 30.7 Å². The Morgan fingerprint density at radius 3 is 2.52 bits per heavy atom. The Morgan fingerprint density at radius 2 is 1.85 bits per heavy atom. The molecule has 2 aliphatic heterocycles. The molecule has 3 rings (SSSR count). The molecule has 27 heavy (non-hydrogen) atoms. The zero-order valence-electron chi connectivity index (χ0n) is 15.8. The van der Waals surface area contributed by atoms with Crippen molar-refractivity contribution in [1.82, 2.24) is 4.90 Å². The summed E-state index contributed by atoms with van der Waals surface area (Å²) < 4.78 is 11.2. The van der Waals surface area contributed by atoms with Crippen LogP contribution in [0.3, 0.4) is 0 Å². The number of rotatable bonds is 8. The third-order valence-electron chi connectivity index (χ3n) is 5.47. The van der Waals surface area contributed by atoms with E-state index in [2.05, 4.69) is 6.58 Å². The largest absolute Gasteiger partial charge is 0.445 e. The minimum absolute atomic E-state index is 0.0332. The van der Waals surface area contributed by atoms with Crippen LogP contribution < -0.4 is 0 Å². The SMILES string of the molecule is C=CCCCCC(=O)C1CC2COCC(C1)N2C(=O)OCc1ccccc1. The molecule has 2 bridgehead atoms. The zero-order chi connectivity index (χ0) is 19.1. The summed E-state index contributed by atoms with van der Waals surface area (Å²) in [7, 11) is 0. The van der Waals surface area contributed by atoms with Gasteiger partial charge in [-0.2, -0.15) is 0 Å². The second-order valence-electron chi connectivity index (χ2n) is 7.46. The van der Waals surface area contributed by atoms with E-state index in [0.29, 0.717) is 38.3 Å². The number of ketones is 1. The molecule has 0 N–H and O–H groups in total. The van der Waals surface area contributed by atoms with E-state index >= 15 is 0 Å². The van der Waals surface area contributed by atoms with Gasteiger partial charge in [0.2, 0.25) is 0 Å². The molecular weight excluding hydrogens is 342 g/mol. The standard InChI is InChI=1S/C22H29NO4/c1-2-3-4-8-11-21(24)18-12-19-15-26-16-20(13-18)23(19)22(25)27-14-17-9-6-5-7-10-17/h2,5-7,9-10,18-20H,1,3-4,8,11-16H2. The fourth-order valence-corrected chi connectivity index (χ4v) is 4.06. The first-order chi connectivity index (χ1) is 13.2. The highest BCUT2D eigenvalue weighted by Crippen LogP contribution is 2.33. The number of fused-ring (bicyclic) bond motifs is 2. The van der Waals surface area contributed by atoms with Crippen LogP contribution in [0.1, 0.15) is 44.1 Å². The summed E-state index contributed by atoms with van der Waals surface area (Å²) in [5.74, 6) is 0.360. The second kappa shape index (κ2) is 9.70. The summed E-state index contributed by atoms with van der Waals surface area (Å²) in [6, 6.07) is 9.54. The lowest BCUT2D eigenvalue weighted by Crippen LogP contribution is -2.59. The molecule has 2 aliphatic rings. The lowest BCUT2D eigenvalue weighted by Gasteiger charge is -2.47. The van der Waals surface area contributed by atoms with Gasteiger partial charge in [0.25, 0.3) is 0 Å². The van der Waals surface area contributed by atoms with Gasteiger partial charge in [0, 0.05) is 12.3 Å². The molecule has 2 heterocycles. The molecule has 0 spiro atoms. The monoisotopic (exact) mass is 371 g/mol. The van der Waals surface area contributed by atoms with Crippen molar-refractivity contribution in [3.05, 3.63) is 48.6 Å². The summed E-state index contributed by atoms with van der Waals surface area (Å²) in [4.78, 5) is 27.1. The topological polar surface area (TPSA) is 55.8 Å². The van der Waals surface area contributed by atoms with Crippen LogP contribution in [0.4, 0.5) is 4.79 Å².